The van der Waals surface area contributed by atoms with Crippen LogP contribution < -0.4 is 9.46 Å². The fourth-order valence-corrected chi connectivity index (χ4v) is 3.67. The highest BCUT2D eigenvalue weighted by Gasteiger charge is 2.15. The van der Waals surface area contributed by atoms with Gasteiger partial charge in [-0.1, -0.05) is 54.1 Å². The van der Waals surface area contributed by atoms with E-state index in [2.05, 4.69) is 4.72 Å². The highest BCUT2D eigenvalue weighted by atomic mass is 35.5. The van der Waals surface area contributed by atoms with E-state index in [0.29, 0.717) is 23.1 Å². The SMILES string of the molecule is Cc1ccc(S(=O)(=O)Nc2cccc(OCc3ccccc3)c2)cc1Cl. The van der Waals surface area contributed by atoms with E-state index < -0.39 is 10.0 Å². The van der Waals surface area contributed by atoms with E-state index in [1.54, 1.807) is 30.3 Å². The second kappa shape index (κ2) is 7.81. The molecule has 0 radical (unpaired) electrons. The summed E-state index contributed by atoms with van der Waals surface area (Å²) < 4.78 is 33.4. The van der Waals surface area contributed by atoms with Crippen molar-refractivity contribution in [3.8, 4) is 5.75 Å². The van der Waals surface area contributed by atoms with E-state index >= 15 is 0 Å². The molecule has 0 saturated heterocycles. The Balaban J connectivity index is 1.74. The monoisotopic (exact) mass is 387 g/mol. The number of anilines is 1. The van der Waals surface area contributed by atoms with Crippen molar-refractivity contribution in [1.29, 1.82) is 0 Å². The van der Waals surface area contributed by atoms with Crippen LogP contribution in [0.2, 0.25) is 5.02 Å². The Morgan fingerprint density at radius 1 is 0.962 bits per heavy atom. The highest BCUT2D eigenvalue weighted by molar-refractivity contribution is 7.92. The third-order valence-electron chi connectivity index (χ3n) is 3.79. The number of hydrogen-bond acceptors (Lipinski definition) is 3. The zero-order chi connectivity index (χ0) is 18.6. The summed E-state index contributed by atoms with van der Waals surface area (Å²) in [6.07, 6.45) is 0. The lowest BCUT2D eigenvalue weighted by Crippen LogP contribution is -2.13. The van der Waals surface area contributed by atoms with Gasteiger partial charge in [0.25, 0.3) is 10.0 Å². The van der Waals surface area contributed by atoms with Gasteiger partial charge in [0, 0.05) is 11.1 Å². The summed E-state index contributed by atoms with van der Waals surface area (Å²) in [5, 5.41) is 0.410. The number of rotatable bonds is 6. The van der Waals surface area contributed by atoms with Crippen LogP contribution in [-0.2, 0) is 16.6 Å². The van der Waals surface area contributed by atoms with Crippen LogP contribution in [0.3, 0.4) is 0 Å². The Morgan fingerprint density at radius 3 is 2.46 bits per heavy atom. The van der Waals surface area contributed by atoms with Crippen LogP contribution >= 0.6 is 11.6 Å². The molecule has 6 heteroatoms. The summed E-state index contributed by atoms with van der Waals surface area (Å²) in [5.41, 5.74) is 2.28. The van der Waals surface area contributed by atoms with E-state index in [0.717, 1.165) is 11.1 Å². The fraction of sp³-hybridized carbons (Fsp3) is 0.100. The fourth-order valence-electron chi connectivity index (χ4n) is 2.35. The molecule has 0 aliphatic carbocycles. The van der Waals surface area contributed by atoms with Crippen molar-refractivity contribution in [2.24, 2.45) is 0 Å². The van der Waals surface area contributed by atoms with Gasteiger partial charge in [-0.2, -0.15) is 0 Å². The average molecular weight is 388 g/mol. The zero-order valence-corrected chi connectivity index (χ0v) is 15.7. The summed E-state index contributed by atoms with van der Waals surface area (Å²) in [6.45, 7) is 2.23. The molecule has 0 saturated carbocycles. The van der Waals surface area contributed by atoms with Crippen LogP contribution in [0, 0.1) is 6.92 Å². The molecule has 0 bridgehead atoms. The molecular formula is C20H18ClNO3S. The van der Waals surface area contributed by atoms with Crippen molar-refractivity contribution in [3.63, 3.8) is 0 Å². The van der Waals surface area contributed by atoms with Gasteiger partial charge in [0.15, 0.2) is 0 Å². The topological polar surface area (TPSA) is 55.4 Å². The number of aryl methyl sites for hydroxylation is 1. The first-order chi connectivity index (χ1) is 12.4. The standard InChI is InChI=1S/C20H18ClNO3S/c1-15-10-11-19(13-20(15)21)26(23,24)22-17-8-5-9-18(12-17)25-14-16-6-3-2-4-7-16/h2-13,22H,14H2,1H3. The lowest BCUT2D eigenvalue weighted by atomic mass is 10.2. The van der Waals surface area contributed by atoms with Crippen molar-refractivity contribution in [3.05, 3.63) is 88.9 Å². The predicted molar refractivity (Wildman–Crippen MR) is 104 cm³/mol. The minimum atomic E-state index is -3.73. The van der Waals surface area contributed by atoms with Crippen molar-refractivity contribution in [2.45, 2.75) is 18.4 Å². The molecule has 0 aliphatic rings. The average Bonchev–Trinajstić information content (AvgIpc) is 2.63. The summed E-state index contributed by atoms with van der Waals surface area (Å²) in [7, 11) is -3.73. The Labute approximate surface area is 158 Å². The zero-order valence-electron chi connectivity index (χ0n) is 14.1. The highest BCUT2D eigenvalue weighted by Crippen LogP contribution is 2.24. The molecule has 0 amide bonds. The number of hydrogen-bond donors (Lipinski definition) is 1. The van der Waals surface area contributed by atoms with E-state index in [1.807, 2.05) is 37.3 Å². The van der Waals surface area contributed by atoms with Crippen molar-refractivity contribution < 1.29 is 13.2 Å². The molecule has 3 rings (SSSR count). The van der Waals surface area contributed by atoms with Crippen LogP contribution in [0.15, 0.2) is 77.7 Å². The number of halogens is 1. The molecule has 0 unspecified atom stereocenters. The maximum absolute atomic E-state index is 12.5. The van der Waals surface area contributed by atoms with Gasteiger partial charge in [0.2, 0.25) is 0 Å². The maximum atomic E-state index is 12.5. The molecule has 3 aromatic rings. The molecule has 0 heterocycles. The second-order valence-corrected chi connectivity index (χ2v) is 7.91. The van der Waals surface area contributed by atoms with Gasteiger partial charge < -0.3 is 4.74 Å². The van der Waals surface area contributed by atoms with Gasteiger partial charge in [0.1, 0.15) is 12.4 Å². The first kappa shape index (κ1) is 18.3. The van der Waals surface area contributed by atoms with E-state index in [4.69, 9.17) is 16.3 Å². The third kappa shape index (κ3) is 4.56. The van der Waals surface area contributed by atoms with Crippen LogP contribution in [0.1, 0.15) is 11.1 Å². The Morgan fingerprint density at radius 2 is 1.73 bits per heavy atom. The normalized spacial score (nSPS) is 11.2. The summed E-state index contributed by atoms with van der Waals surface area (Å²) in [5.74, 6) is 0.580. The molecule has 0 atom stereocenters. The van der Waals surface area contributed by atoms with Crippen LogP contribution in [0.4, 0.5) is 5.69 Å². The van der Waals surface area contributed by atoms with Gasteiger partial charge in [0.05, 0.1) is 10.6 Å². The number of sulfonamides is 1. The maximum Gasteiger partial charge on any atom is 0.261 e. The molecule has 4 nitrogen and oxygen atoms in total. The summed E-state index contributed by atoms with van der Waals surface area (Å²) in [6, 6.07) is 21.2. The molecule has 0 spiro atoms. The van der Waals surface area contributed by atoms with Gasteiger partial charge >= 0.3 is 0 Å². The first-order valence-corrected chi connectivity index (χ1v) is 9.86. The van der Waals surface area contributed by atoms with Crippen molar-refractivity contribution >= 4 is 27.3 Å². The van der Waals surface area contributed by atoms with Gasteiger partial charge in [-0.15, -0.1) is 0 Å². The number of benzene rings is 3. The lowest BCUT2D eigenvalue weighted by molar-refractivity contribution is 0.306. The molecular weight excluding hydrogens is 370 g/mol. The Bertz CT molecular complexity index is 1000. The summed E-state index contributed by atoms with van der Waals surface area (Å²) >= 11 is 6.04. The molecule has 0 aliphatic heterocycles. The molecule has 0 aromatic heterocycles. The van der Waals surface area contributed by atoms with E-state index in [9.17, 15) is 8.42 Å². The first-order valence-electron chi connectivity index (χ1n) is 8.00. The number of nitrogens with one attached hydrogen (secondary N) is 1. The quantitative estimate of drug-likeness (QED) is 0.645. The van der Waals surface area contributed by atoms with E-state index in [1.165, 1.54) is 12.1 Å². The molecule has 134 valence electrons. The van der Waals surface area contributed by atoms with Gasteiger partial charge in [-0.05, 0) is 42.3 Å². The number of ether oxygens (including phenoxy) is 1. The van der Waals surface area contributed by atoms with Crippen LogP contribution in [0.5, 0.6) is 5.75 Å². The molecule has 0 fully saturated rings. The summed E-state index contributed by atoms with van der Waals surface area (Å²) in [4.78, 5) is 0.115. The van der Waals surface area contributed by atoms with Crippen molar-refractivity contribution in [1.82, 2.24) is 0 Å². The van der Waals surface area contributed by atoms with Crippen molar-refractivity contribution in [2.75, 3.05) is 4.72 Å². The minimum absolute atomic E-state index is 0.115. The van der Waals surface area contributed by atoms with Crippen LogP contribution in [0.25, 0.3) is 0 Å². The predicted octanol–water partition coefficient (Wildman–Crippen LogP) is 5.03. The van der Waals surface area contributed by atoms with Crippen LogP contribution in [-0.4, -0.2) is 8.42 Å². The molecule has 1 N–H and O–H groups in total. The lowest BCUT2D eigenvalue weighted by Gasteiger charge is -2.11. The Kier molecular flexibility index (Phi) is 5.49. The minimum Gasteiger partial charge on any atom is -0.489 e. The van der Waals surface area contributed by atoms with Gasteiger partial charge in [-0.25, -0.2) is 8.42 Å². The van der Waals surface area contributed by atoms with Gasteiger partial charge in [-0.3, -0.25) is 4.72 Å². The smallest absolute Gasteiger partial charge is 0.261 e. The van der Waals surface area contributed by atoms with E-state index in [-0.39, 0.29) is 4.90 Å². The molecule has 26 heavy (non-hydrogen) atoms. The largest absolute Gasteiger partial charge is 0.489 e. The third-order valence-corrected chi connectivity index (χ3v) is 5.57. The molecule has 3 aromatic carbocycles. The second-order valence-electron chi connectivity index (χ2n) is 5.82. The Hall–Kier alpha value is -2.50.